The molecule has 0 saturated heterocycles. The zero-order valence-electron chi connectivity index (χ0n) is 15.5. The fraction of sp³-hybridized carbons (Fsp3) is 0.238. The molecule has 0 radical (unpaired) electrons. The summed E-state index contributed by atoms with van der Waals surface area (Å²) in [6, 6.07) is 17.5. The second-order valence-corrected chi connectivity index (χ2v) is 7.25. The van der Waals surface area contributed by atoms with E-state index in [1.165, 1.54) is 4.90 Å². The molecule has 0 aliphatic rings. The first-order chi connectivity index (χ1) is 13.2. The maximum absolute atomic E-state index is 12.6. The highest BCUT2D eigenvalue weighted by molar-refractivity contribution is 7.99. The summed E-state index contributed by atoms with van der Waals surface area (Å²) in [4.78, 5) is 18.2. The van der Waals surface area contributed by atoms with Crippen molar-refractivity contribution < 1.29 is 9.53 Å². The number of carbonyl (C=O) groups excluding carboxylic acids is 1. The van der Waals surface area contributed by atoms with Crippen LogP contribution in [-0.2, 0) is 11.8 Å². The van der Waals surface area contributed by atoms with Gasteiger partial charge in [0.25, 0.3) is 0 Å². The Kier molecular flexibility index (Phi) is 6.54. The molecule has 0 fully saturated rings. The van der Waals surface area contributed by atoms with E-state index in [0.717, 1.165) is 22.9 Å². The number of nitrogens with one attached hydrogen (secondary N) is 1. The number of carbonyl (C=O) groups is 1. The van der Waals surface area contributed by atoms with Gasteiger partial charge in [-0.2, -0.15) is 0 Å². The second kappa shape index (κ2) is 9.28. The predicted octanol–water partition coefficient (Wildman–Crippen LogP) is 3.82. The summed E-state index contributed by atoms with van der Waals surface area (Å²) in [5.74, 6) is 2.31. The van der Waals surface area contributed by atoms with E-state index in [2.05, 4.69) is 22.4 Å². The molecule has 27 heavy (non-hydrogen) atoms. The van der Waals surface area contributed by atoms with E-state index in [4.69, 9.17) is 4.74 Å². The number of benzene rings is 2. The topological polar surface area (TPSA) is 56.1 Å². The zero-order valence-corrected chi connectivity index (χ0v) is 16.3. The van der Waals surface area contributed by atoms with Gasteiger partial charge in [-0.25, -0.2) is 4.98 Å². The number of nitrogens with zero attached hydrogens (tertiary/aromatic N) is 2. The smallest absolute Gasteiger partial charge is 0.221 e. The number of ether oxygens (including phenoxy) is 1. The monoisotopic (exact) mass is 381 g/mol. The van der Waals surface area contributed by atoms with Gasteiger partial charge in [0.1, 0.15) is 17.6 Å². The van der Waals surface area contributed by atoms with E-state index in [0.29, 0.717) is 6.42 Å². The second-order valence-electron chi connectivity index (χ2n) is 6.08. The minimum absolute atomic E-state index is 0.00208. The van der Waals surface area contributed by atoms with Crippen molar-refractivity contribution in [2.24, 2.45) is 7.05 Å². The largest absolute Gasteiger partial charge is 0.497 e. The standard InChI is InChI=1S/C21H23N3O2S/c1-24-14-13-22-21(24)20(16-8-10-17(26-2)11-9-16)23-19(25)12-15-27-18-6-4-3-5-7-18/h3-11,13-14,20H,12,15H2,1-2H3,(H,23,25). The van der Waals surface area contributed by atoms with Crippen molar-refractivity contribution in [3.05, 3.63) is 78.4 Å². The van der Waals surface area contributed by atoms with E-state index in [-0.39, 0.29) is 11.9 Å². The Morgan fingerprint density at radius 1 is 1.19 bits per heavy atom. The summed E-state index contributed by atoms with van der Waals surface area (Å²) in [5.41, 5.74) is 0.967. The lowest BCUT2D eigenvalue weighted by Gasteiger charge is -2.19. The van der Waals surface area contributed by atoms with Crippen LogP contribution in [0, 0.1) is 0 Å². The van der Waals surface area contributed by atoms with E-state index in [9.17, 15) is 4.79 Å². The van der Waals surface area contributed by atoms with Gasteiger partial charge in [0.2, 0.25) is 5.91 Å². The van der Waals surface area contributed by atoms with Crippen molar-refractivity contribution >= 4 is 17.7 Å². The molecule has 0 aliphatic carbocycles. The molecule has 1 unspecified atom stereocenters. The molecule has 2 aromatic carbocycles. The minimum atomic E-state index is -0.301. The summed E-state index contributed by atoms with van der Waals surface area (Å²) in [6.45, 7) is 0. The maximum Gasteiger partial charge on any atom is 0.221 e. The van der Waals surface area contributed by atoms with Crippen molar-refractivity contribution in [2.45, 2.75) is 17.4 Å². The fourth-order valence-corrected chi connectivity index (χ4v) is 3.63. The van der Waals surface area contributed by atoms with Crippen molar-refractivity contribution in [2.75, 3.05) is 12.9 Å². The average Bonchev–Trinajstić information content (AvgIpc) is 3.13. The zero-order chi connectivity index (χ0) is 19.1. The lowest BCUT2D eigenvalue weighted by molar-refractivity contribution is -0.121. The molecule has 1 amide bonds. The van der Waals surface area contributed by atoms with Crippen molar-refractivity contribution in [3.63, 3.8) is 0 Å². The van der Waals surface area contributed by atoms with Gasteiger partial charge in [-0.05, 0) is 29.8 Å². The average molecular weight is 382 g/mol. The van der Waals surface area contributed by atoms with E-state index < -0.39 is 0 Å². The van der Waals surface area contributed by atoms with Crippen LogP contribution in [0.1, 0.15) is 23.9 Å². The summed E-state index contributed by atoms with van der Waals surface area (Å²) in [7, 11) is 3.56. The molecule has 3 aromatic rings. The Morgan fingerprint density at radius 3 is 2.56 bits per heavy atom. The molecular formula is C21H23N3O2S. The molecule has 1 N–H and O–H groups in total. The normalized spacial score (nSPS) is 11.8. The van der Waals surface area contributed by atoms with Crippen LogP contribution in [0.5, 0.6) is 5.75 Å². The third-order valence-corrected chi connectivity index (χ3v) is 5.23. The Bertz CT molecular complexity index is 863. The molecule has 1 aromatic heterocycles. The van der Waals surface area contributed by atoms with Gasteiger partial charge < -0.3 is 14.6 Å². The molecule has 5 nitrogen and oxygen atoms in total. The molecule has 140 valence electrons. The number of imidazole rings is 1. The van der Waals surface area contributed by atoms with Crippen LogP contribution >= 0.6 is 11.8 Å². The highest BCUT2D eigenvalue weighted by Gasteiger charge is 2.20. The van der Waals surface area contributed by atoms with E-state index in [1.54, 1.807) is 25.1 Å². The maximum atomic E-state index is 12.6. The lowest BCUT2D eigenvalue weighted by atomic mass is 10.1. The van der Waals surface area contributed by atoms with E-state index >= 15 is 0 Å². The Balaban J connectivity index is 1.67. The third kappa shape index (κ3) is 5.14. The summed E-state index contributed by atoms with van der Waals surface area (Å²) in [5, 5.41) is 3.12. The van der Waals surface area contributed by atoms with Crippen LogP contribution in [0.25, 0.3) is 0 Å². The third-order valence-electron chi connectivity index (χ3n) is 4.21. The van der Waals surface area contributed by atoms with E-state index in [1.807, 2.05) is 60.3 Å². The van der Waals surface area contributed by atoms with Crippen LogP contribution in [0.2, 0.25) is 0 Å². The Morgan fingerprint density at radius 2 is 1.93 bits per heavy atom. The predicted molar refractivity (Wildman–Crippen MR) is 108 cm³/mol. The summed E-state index contributed by atoms with van der Waals surface area (Å²) < 4.78 is 7.15. The van der Waals surface area contributed by atoms with Gasteiger partial charge in [0, 0.05) is 36.5 Å². The van der Waals surface area contributed by atoms with Crippen molar-refractivity contribution in [3.8, 4) is 5.75 Å². The van der Waals surface area contributed by atoms with Gasteiger partial charge in [0.05, 0.1) is 7.11 Å². The van der Waals surface area contributed by atoms with Gasteiger partial charge >= 0.3 is 0 Å². The number of rotatable bonds is 8. The fourth-order valence-electron chi connectivity index (χ4n) is 2.76. The van der Waals surface area contributed by atoms with Crippen LogP contribution in [0.4, 0.5) is 0 Å². The van der Waals surface area contributed by atoms with Crippen LogP contribution in [0.15, 0.2) is 71.9 Å². The van der Waals surface area contributed by atoms with Crippen LogP contribution in [0.3, 0.4) is 0 Å². The summed E-state index contributed by atoms with van der Waals surface area (Å²) >= 11 is 1.68. The quantitative estimate of drug-likeness (QED) is 0.603. The Labute approximate surface area is 163 Å². The lowest BCUT2D eigenvalue weighted by Crippen LogP contribution is -2.31. The molecule has 0 bridgehead atoms. The highest BCUT2D eigenvalue weighted by atomic mass is 32.2. The molecule has 1 atom stereocenters. The number of aryl methyl sites for hydroxylation is 1. The molecule has 0 spiro atoms. The molecule has 6 heteroatoms. The number of methoxy groups -OCH3 is 1. The van der Waals surface area contributed by atoms with Gasteiger partial charge in [0.15, 0.2) is 0 Å². The number of hydrogen-bond acceptors (Lipinski definition) is 4. The van der Waals surface area contributed by atoms with Gasteiger partial charge in [-0.15, -0.1) is 11.8 Å². The van der Waals surface area contributed by atoms with Crippen molar-refractivity contribution in [1.29, 1.82) is 0 Å². The molecule has 0 saturated carbocycles. The van der Waals surface area contributed by atoms with Crippen LogP contribution in [-0.4, -0.2) is 28.3 Å². The highest BCUT2D eigenvalue weighted by Crippen LogP contribution is 2.24. The number of amides is 1. The first-order valence-corrected chi connectivity index (χ1v) is 9.74. The number of hydrogen-bond donors (Lipinski definition) is 1. The molecule has 3 rings (SSSR count). The molecular weight excluding hydrogens is 358 g/mol. The molecule has 0 aliphatic heterocycles. The number of thioether (sulfide) groups is 1. The first kappa shape index (κ1) is 19.0. The minimum Gasteiger partial charge on any atom is -0.497 e. The van der Waals surface area contributed by atoms with Gasteiger partial charge in [-0.1, -0.05) is 30.3 Å². The number of aromatic nitrogens is 2. The molecule has 1 heterocycles. The Hall–Kier alpha value is -2.73. The van der Waals surface area contributed by atoms with Gasteiger partial charge in [-0.3, -0.25) is 4.79 Å². The SMILES string of the molecule is COc1ccc(C(NC(=O)CCSc2ccccc2)c2nccn2C)cc1. The van der Waals surface area contributed by atoms with Crippen molar-refractivity contribution in [1.82, 2.24) is 14.9 Å². The first-order valence-electron chi connectivity index (χ1n) is 8.76. The van der Waals surface area contributed by atoms with Crippen LogP contribution < -0.4 is 10.1 Å². The summed E-state index contributed by atoms with van der Waals surface area (Å²) in [6.07, 6.45) is 4.06.